The summed E-state index contributed by atoms with van der Waals surface area (Å²) in [5, 5.41) is 2.07. The topological polar surface area (TPSA) is 34.1 Å². The van der Waals surface area contributed by atoms with Crippen molar-refractivity contribution in [1.82, 2.24) is 0 Å². The van der Waals surface area contributed by atoms with Gasteiger partial charge in [-0.1, -0.05) is 92.2 Å². The molecule has 0 amide bonds. The van der Waals surface area contributed by atoms with Crippen molar-refractivity contribution in [3.05, 3.63) is 90.0 Å². The number of aryl methyl sites for hydroxylation is 1. The molecule has 0 saturated heterocycles. The van der Waals surface area contributed by atoms with E-state index in [4.69, 9.17) is 0 Å². The zero-order chi connectivity index (χ0) is 18.3. The Morgan fingerprint density at radius 2 is 1.24 bits per heavy atom. The summed E-state index contributed by atoms with van der Waals surface area (Å²) < 4.78 is 14.2. The van der Waals surface area contributed by atoms with Crippen LogP contribution in [0.1, 0.15) is 29.8 Å². The summed E-state index contributed by atoms with van der Waals surface area (Å²) in [5.74, 6) is 0. The highest BCUT2D eigenvalue weighted by molar-refractivity contribution is 7.85. The molecule has 0 spiro atoms. The first-order chi connectivity index (χ1) is 12.2. The Hall–Kier alpha value is -2.44. The van der Waals surface area contributed by atoms with Crippen molar-refractivity contribution in [1.29, 1.82) is 0 Å². The lowest BCUT2D eigenvalue weighted by Crippen LogP contribution is -2.27. The van der Waals surface area contributed by atoms with Crippen molar-refractivity contribution in [2.24, 2.45) is 0 Å². The van der Waals surface area contributed by atoms with Gasteiger partial charge in [-0.05, 0) is 13.0 Å². The highest BCUT2D eigenvalue weighted by Gasteiger charge is 2.31. The minimum atomic E-state index is -3.09. The Bertz CT molecular complexity index is 828. The summed E-state index contributed by atoms with van der Waals surface area (Å²) in [4.78, 5) is 11.5. The highest BCUT2D eigenvalue weighted by Crippen LogP contribution is 2.43. The summed E-state index contributed by atoms with van der Waals surface area (Å²) in [5.41, 5.74) is 1.46. The Morgan fingerprint density at radius 3 is 1.68 bits per heavy atom. The zero-order valence-electron chi connectivity index (χ0n) is 14.8. The van der Waals surface area contributed by atoms with Gasteiger partial charge in [-0.2, -0.15) is 0 Å². The first-order valence-electron chi connectivity index (χ1n) is 8.44. The first-order valence-corrected chi connectivity index (χ1v) is 10.1. The van der Waals surface area contributed by atoms with Crippen molar-refractivity contribution < 1.29 is 9.36 Å². The standard InChI is InChI=1S/C20H17O2P.C2H6/c1-16-12-13-17(15-21)20(14-16)23(22,18-8-4-2-5-9-18)19-10-6-3-7-11-19;1-2/h2-15H,1H3;1-2H3. The Morgan fingerprint density at radius 1 is 0.760 bits per heavy atom. The quantitative estimate of drug-likeness (QED) is 0.514. The molecular formula is C22H23O2P. The van der Waals surface area contributed by atoms with Crippen molar-refractivity contribution in [3.63, 3.8) is 0 Å². The van der Waals surface area contributed by atoms with Gasteiger partial charge in [-0.15, -0.1) is 0 Å². The molecule has 0 aliphatic heterocycles. The van der Waals surface area contributed by atoms with Gasteiger partial charge in [0.2, 0.25) is 0 Å². The third-order valence-electron chi connectivity index (χ3n) is 3.89. The normalized spacial score (nSPS) is 10.5. The Kier molecular flexibility index (Phi) is 6.50. The third-order valence-corrected chi connectivity index (χ3v) is 7.01. The molecule has 0 fully saturated rings. The lowest BCUT2D eigenvalue weighted by Gasteiger charge is -2.21. The van der Waals surface area contributed by atoms with Crippen LogP contribution >= 0.6 is 7.14 Å². The molecule has 25 heavy (non-hydrogen) atoms. The molecule has 0 unspecified atom stereocenters. The smallest absolute Gasteiger partial charge is 0.171 e. The van der Waals surface area contributed by atoms with Crippen molar-refractivity contribution in [3.8, 4) is 0 Å². The molecule has 0 saturated carbocycles. The fraction of sp³-hybridized carbons (Fsp3) is 0.136. The highest BCUT2D eigenvalue weighted by atomic mass is 31.2. The van der Waals surface area contributed by atoms with E-state index in [2.05, 4.69) is 0 Å². The Labute approximate surface area is 149 Å². The molecule has 2 nitrogen and oxygen atoms in total. The maximum Gasteiger partial charge on any atom is 0.171 e. The van der Waals surface area contributed by atoms with Gasteiger partial charge in [0, 0.05) is 21.5 Å². The molecule has 0 aromatic heterocycles. The van der Waals surface area contributed by atoms with Crippen LogP contribution in [0.4, 0.5) is 0 Å². The van der Waals surface area contributed by atoms with Crippen molar-refractivity contribution >= 4 is 29.3 Å². The number of hydrogen-bond donors (Lipinski definition) is 0. The molecule has 0 radical (unpaired) electrons. The predicted octanol–water partition coefficient (Wildman–Crippen LogP) is 4.47. The van der Waals surface area contributed by atoms with Crippen molar-refractivity contribution in [2.45, 2.75) is 20.8 Å². The van der Waals surface area contributed by atoms with E-state index in [0.717, 1.165) is 22.5 Å². The third kappa shape index (κ3) is 3.81. The van der Waals surface area contributed by atoms with Gasteiger partial charge in [0.1, 0.15) is 0 Å². The van der Waals surface area contributed by atoms with Crippen LogP contribution in [0.25, 0.3) is 0 Å². The molecule has 3 heteroatoms. The molecule has 0 N–H and O–H groups in total. The van der Waals surface area contributed by atoms with Crippen LogP contribution in [-0.2, 0) is 4.57 Å². The minimum absolute atomic E-state index is 0.478. The molecule has 0 atom stereocenters. The summed E-state index contributed by atoms with van der Waals surface area (Å²) in [6, 6.07) is 24.2. The van der Waals surface area contributed by atoms with Crippen LogP contribution in [-0.4, -0.2) is 6.29 Å². The number of aldehydes is 1. The van der Waals surface area contributed by atoms with Crippen LogP contribution < -0.4 is 15.9 Å². The number of rotatable bonds is 4. The lowest BCUT2D eigenvalue weighted by molar-refractivity contribution is 0.112. The van der Waals surface area contributed by atoms with Crippen LogP contribution in [0, 0.1) is 6.92 Å². The number of carbonyl (C=O) groups is 1. The minimum Gasteiger partial charge on any atom is -0.309 e. The van der Waals surface area contributed by atoms with E-state index in [1.165, 1.54) is 0 Å². The molecule has 0 heterocycles. The molecule has 3 aromatic carbocycles. The van der Waals surface area contributed by atoms with E-state index in [0.29, 0.717) is 10.9 Å². The van der Waals surface area contributed by atoms with Gasteiger partial charge < -0.3 is 4.57 Å². The van der Waals surface area contributed by atoms with Gasteiger partial charge in [0.25, 0.3) is 0 Å². The molecule has 3 rings (SSSR count). The number of carbonyl (C=O) groups excluding carboxylic acids is 1. The van der Waals surface area contributed by atoms with Crippen LogP contribution in [0.5, 0.6) is 0 Å². The van der Waals surface area contributed by atoms with Gasteiger partial charge in [-0.25, -0.2) is 0 Å². The SMILES string of the molecule is CC.Cc1ccc(C=O)c(P(=O)(c2ccccc2)c2ccccc2)c1. The predicted molar refractivity (Wildman–Crippen MR) is 107 cm³/mol. The van der Waals surface area contributed by atoms with E-state index in [1.807, 2.05) is 93.6 Å². The second-order valence-corrected chi connectivity index (χ2v) is 8.19. The Balaban J connectivity index is 0.00000109. The van der Waals surface area contributed by atoms with E-state index < -0.39 is 7.14 Å². The summed E-state index contributed by atoms with van der Waals surface area (Å²) in [7, 11) is -3.09. The summed E-state index contributed by atoms with van der Waals surface area (Å²) in [6.45, 7) is 5.94. The molecule has 3 aromatic rings. The fourth-order valence-electron chi connectivity index (χ4n) is 2.73. The summed E-state index contributed by atoms with van der Waals surface area (Å²) in [6.07, 6.45) is 0.785. The average Bonchev–Trinajstić information content (AvgIpc) is 2.70. The molecular weight excluding hydrogens is 327 g/mol. The van der Waals surface area contributed by atoms with Crippen LogP contribution in [0.15, 0.2) is 78.9 Å². The van der Waals surface area contributed by atoms with Crippen LogP contribution in [0.3, 0.4) is 0 Å². The maximum absolute atomic E-state index is 14.2. The maximum atomic E-state index is 14.2. The fourth-order valence-corrected chi connectivity index (χ4v) is 5.64. The largest absolute Gasteiger partial charge is 0.309 e. The van der Waals surface area contributed by atoms with E-state index in [9.17, 15) is 9.36 Å². The molecule has 0 aliphatic rings. The number of benzene rings is 3. The first kappa shape index (κ1) is 18.9. The second kappa shape index (κ2) is 8.60. The second-order valence-electron chi connectivity index (χ2n) is 5.46. The monoisotopic (exact) mass is 350 g/mol. The van der Waals surface area contributed by atoms with Crippen LogP contribution in [0.2, 0.25) is 0 Å². The van der Waals surface area contributed by atoms with Gasteiger partial charge >= 0.3 is 0 Å². The average molecular weight is 350 g/mol. The number of hydrogen-bond acceptors (Lipinski definition) is 2. The lowest BCUT2D eigenvalue weighted by atomic mass is 10.2. The zero-order valence-corrected chi connectivity index (χ0v) is 15.7. The van der Waals surface area contributed by atoms with E-state index in [1.54, 1.807) is 6.07 Å². The van der Waals surface area contributed by atoms with E-state index >= 15 is 0 Å². The van der Waals surface area contributed by atoms with Gasteiger partial charge in [0.15, 0.2) is 13.4 Å². The summed E-state index contributed by atoms with van der Waals surface area (Å²) >= 11 is 0. The molecule has 0 bridgehead atoms. The van der Waals surface area contributed by atoms with Gasteiger partial charge in [-0.3, -0.25) is 4.79 Å². The molecule has 0 aliphatic carbocycles. The van der Waals surface area contributed by atoms with Crippen molar-refractivity contribution in [2.75, 3.05) is 0 Å². The molecule has 128 valence electrons. The van der Waals surface area contributed by atoms with E-state index in [-0.39, 0.29) is 0 Å². The van der Waals surface area contributed by atoms with Gasteiger partial charge in [0.05, 0.1) is 0 Å².